The maximum Gasteiger partial charge on any atom is 0.0893 e. The molecule has 1 unspecified atom stereocenters. The van der Waals surface area contributed by atoms with Crippen LogP contribution >= 0.6 is 15.9 Å². The van der Waals surface area contributed by atoms with E-state index < -0.39 is 0 Å². The van der Waals surface area contributed by atoms with E-state index in [-0.39, 0.29) is 6.04 Å². The zero-order chi connectivity index (χ0) is 12.4. The van der Waals surface area contributed by atoms with Crippen LogP contribution < -0.4 is 5.32 Å². The summed E-state index contributed by atoms with van der Waals surface area (Å²) in [6, 6.07) is 11.5. The van der Waals surface area contributed by atoms with Gasteiger partial charge in [-0.15, -0.1) is 0 Å². The normalized spacial score (nSPS) is 16.7. The van der Waals surface area contributed by atoms with E-state index in [9.17, 15) is 0 Å². The molecule has 94 valence electrons. The van der Waals surface area contributed by atoms with E-state index in [2.05, 4.69) is 50.6 Å². The van der Waals surface area contributed by atoms with Gasteiger partial charge in [-0.1, -0.05) is 30.3 Å². The molecule has 0 spiro atoms. The summed E-state index contributed by atoms with van der Waals surface area (Å²) < 4.78 is 3.05. The van der Waals surface area contributed by atoms with Crippen LogP contribution in [0.3, 0.4) is 0 Å². The van der Waals surface area contributed by atoms with Gasteiger partial charge in [-0.25, -0.2) is 0 Å². The lowest BCUT2D eigenvalue weighted by Crippen LogP contribution is -2.28. The van der Waals surface area contributed by atoms with Crippen LogP contribution in [-0.2, 0) is 0 Å². The fraction of sp³-hybridized carbons (Fsp3) is 0.357. The Hall–Kier alpha value is -1.13. The average Bonchev–Trinajstić information content (AvgIpc) is 3.13. The van der Waals surface area contributed by atoms with Crippen molar-refractivity contribution in [3.8, 4) is 0 Å². The molecular formula is C14H16BrN3. The lowest BCUT2D eigenvalue weighted by Gasteiger charge is -2.18. The zero-order valence-electron chi connectivity index (χ0n) is 10.1. The van der Waals surface area contributed by atoms with Crippen molar-refractivity contribution in [2.75, 3.05) is 6.54 Å². The molecule has 1 atom stereocenters. The summed E-state index contributed by atoms with van der Waals surface area (Å²) >= 11 is 3.46. The minimum Gasteiger partial charge on any atom is -0.312 e. The van der Waals surface area contributed by atoms with Crippen molar-refractivity contribution in [1.29, 1.82) is 0 Å². The fourth-order valence-electron chi connectivity index (χ4n) is 2.09. The summed E-state index contributed by atoms with van der Waals surface area (Å²) in [5, 5.41) is 8.01. The number of hydrogen-bond donors (Lipinski definition) is 1. The van der Waals surface area contributed by atoms with E-state index >= 15 is 0 Å². The van der Waals surface area contributed by atoms with Crippen LogP contribution in [0.4, 0.5) is 0 Å². The monoisotopic (exact) mass is 305 g/mol. The predicted octanol–water partition coefficient (Wildman–Crippen LogP) is 2.99. The smallest absolute Gasteiger partial charge is 0.0893 e. The summed E-state index contributed by atoms with van der Waals surface area (Å²) in [5.41, 5.74) is 1.29. The number of nitrogens with zero attached hydrogens (tertiary/aromatic N) is 2. The molecule has 4 heteroatoms. The third kappa shape index (κ3) is 2.82. The Morgan fingerprint density at radius 1 is 1.33 bits per heavy atom. The molecule has 3 rings (SSSR count). The molecule has 3 nitrogen and oxygen atoms in total. The quantitative estimate of drug-likeness (QED) is 0.920. The van der Waals surface area contributed by atoms with Crippen molar-refractivity contribution in [1.82, 2.24) is 15.1 Å². The molecule has 1 saturated carbocycles. The van der Waals surface area contributed by atoms with Crippen molar-refractivity contribution in [2.24, 2.45) is 0 Å². The maximum atomic E-state index is 4.42. The number of halogens is 1. The zero-order valence-corrected chi connectivity index (χ0v) is 11.7. The molecule has 2 aromatic rings. The van der Waals surface area contributed by atoms with Gasteiger partial charge >= 0.3 is 0 Å². The van der Waals surface area contributed by atoms with E-state index in [4.69, 9.17) is 0 Å². The first-order valence-electron chi connectivity index (χ1n) is 6.31. The average molecular weight is 306 g/mol. The molecule has 1 fully saturated rings. The highest BCUT2D eigenvalue weighted by Gasteiger charge is 2.23. The van der Waals surface area contributed by atoms with Crippen molar-refractivity contribution in [3.63, 3.8) is 0 Å². The van der Waals surface area contributed by atoms with Crippen molar-refractivity contribution < 1.29 is 0 Å². The van der Waals surface area contributed by atoms with E-state index in [1.807, 2.05) is 23.1 Å². The number of nitrogens with one attached hydrogen (secondary N) is 1. The third-order valence-electron chi connectivity index (χ3n) is 3.25. The van der Waals surface area contributed by atoms with Gasteiger partial charge in [-0.2, -0.15) is 5.10 Å². The Labute approximate surface area is 115 Å². The second-order valence-corrected chi connectivity index (χ2v) is 5.66. The molecule has 1 aromatic heterocycles. The van der Waals surface area contributed by atoms with Crippen molar-refractivity contribution in [3.05, 3.63) is 52.8 Å². The number of aromatic nitrogens is 2. The first-order chi connectivity index (χ1) is 8.83. The molecule has 1 aliphatic carbocycles. The van der Waals surface area contributed by atoms with Gasteiger partial charge < -0.3 is 5.32 Å². The molecule has 18 heavy (non-hydrogen) atoms. The highest BCUT2D eigenvalue weighted by atomic mass is 79.9. The molecule has 1 aromatic carbocycles. The minimum atomic E-state index is 0.262. The summed E-state index contributed by atoms with van der Waals surface area (Å²) in [5.74, 6) is 0. The highest BCUT2D eigenvalue weighted by molar-refractivity contribution is 9.10. The lowest BCUT2D eigenvalue weighted by atomic mass is 10.1. The van der Waals surface area contributed by atoms with Crippen LogP contribution in [0.25, 0.3) is 0 Å². The maximum absolute atomic E-state index is 4.42. The van der Waals surface area contributed by atoms with E-state index in [0.29, 0.717) is 0 Å². The van der Waals surface area contributed by atoms with E-state index in [1.165, 1.54) is 18.4 Å². The summed E-state index contributed by atoms with van der Waals surface area (Å²) in [6.07, 6.45) is 6.49. The first kappa shape index (κ1) is 11.9. The predicted molar refractivity (Wildman–Crippen MR) is 75.5 cm³/mol. The molecule has 1 heterocycles. The van der Waals surface area contributed by atoms with Gasteiger partial charge in [-0.3, -0.25) is 4.68 Å². The van der Waals surface area contributed by atoms with Gasteiger partial charge in [0.15, 0.2) is 0 Å². The molecule has 1 aliphatic rings. The SMILES string of the molecule is Brc1cnn(C(CNC2CC2)c2ccccc2)c1. The molecular weight excluding hydrogens is 290 g/mol. The van der Waals surface area contributed by atoms with Gasteiger partial charge in [0.2, 0.25) is 0 Å². The van der Waals surface area contributed by atoms with E-state index in [1.54, 1.807) is 0 Å². The fourth-order valence-corrected chi connectivity index (χ4v) is 2.39. The highest BCUT2D eigenvalue weighted by Crippen LogP contribution is 2.23. The Morgan fingerprint density at radius 3 is 2.72 bits per heavy atom. The van der Waals surface area contributed by atoms with Gasteiger partial charge in [0.05, 0.1) is 16.7 Å². The Morgan fingerprint density at radius 2 is 2.11 bits per heavy atom. The second kappa shape index (κ2) is 5.24. The summed E-state index contributed by atoms with van der Waals surface area (Å²) in [4.78, 5) is 0. The minimum absolute atomic E-state index is 0.262. The first-order valence-corrected chi connectivity index (χ1v) is 7.10. The lowest BCUT2D eigenvalue weighted by molar-refractivity contribution is 0.478. The van der Waals surface area contributed by atoms with E-state index in [0.717, 1.165) is 17.1 Å². The molecule has 0 saturated heterocycles. The molecule has 0 bridgehead atoms. The summed E-state index contributed by atoms with van der Waals surface area (Å²) in [7, 11) is 0. The number of hydrogen-bond acceptors (Lipinski definition) is 2. The van der Waals surface area contributed by atoms with Crippen LogP contribution in [-0.4, -0.2) is 22.4 Å². The molecule has 0 radical (unpaired) electrons. The Kier molecular flexibility index (Phi) is 3.48. The van der Waals surface area contributed by atoms with Crippen LogP contribution in [0.5, 0.6) is 0 Å². The van der Waals surface area contributed by atoms with Crippen LogP contribution in [0.2, 0.25) is 0 Å². The largest absolute Gasteiger partial charge is 0.312 e. The van der Waals surface area contributed by atoms with Crippen LogP contribution in [0.1, 0.15) is 24.4 Å². The van der Waals surface area contributed by atoms with Crippen molar-refractivity contribution in [2.45, 2.75) is 24.9 Å². The Balaban J connectivity index is 1.82. The number of rotatable bonds is 5. The van der Waals surface area contributed by atoms with Crippen LogP contribution in [0.15, 0.2) is 47.2 Å². The number of benzene rings is 1. The topological polar surface area (TPSA) is 29.9 Å². The molecule has 1 N–H and O–H groups in total. The summed E-state index contributed by atoms with van der Waals surface area (Å²) in [6.45, 7) is 0.933. The molecule has 0 amide bonds. The van der Waals surface area contributed by atoms with Crippen molar-refractivity contribution >= 4 is 15.9 Å². The van der Waals surface area contributed by atoms with Gasteiger partial charge in [-0.05, 0) is 34.3 Å². The standard InChI is InChI=1S/C14H16BrN3/c15-12-8-17-18(10-12)14(9-16-13-6-7-13)11-4-2-1-3-5-11/h1-5,8,10,13-14,16H,6-7,9H2. The molecule has 0 aliphatic heterocycles. The van der Waals surface area contributed by atoms with Gasteiger partial charge in [0.1, 0.15) is 0 Å². The third-order valence-corrected chi connectivity index (χ3v) is 3.66. The van der Waals surface area contributed by atoms with Gasteiger partial charge in [0, 0.05) is 18.8 Å². The second-order valence-electron chi connectivity index (χ2n) is 4.75. The Bertz CT molecular complexity index is 505. The van der Waals surface area contributed by atoms with Crippen LogP contribution in [0, 0.1) is 0 Å². The van der Waals surface area contributed by atoms with Gasteiger partial charge in [0.25, 0.3) is 0 Å².